The molecule has 0 radical (unpaired) electrons. The first-order chi connectivity index (χ1) is 4.18. The van der Waals surface area contributed by atoms with Crippen LogP contribution in [-0.2, 0) is 9.59 Å². The molecular formula is C4H3ClN2O2. The second-order valence-electron chi connectivity index (χ2n) is 1.11. The zero-order valence-corrected chi connectivity index (χ0v) is 5.10. The lowest BCUT2D eigenvalue weighted by atomic mass is 10.6. The summed E-state index contributed by atoms with van der Waals surface area (Å²) in [6.45, 7) is -0.197. The van der Waals surface area contributed by atoms with E-state index in [2.05, 4.69) is 0 Å². The van der Waals surface area contributed by atoms with Crippen LogP contribution in [0.2, 0.25) is 0 Å². The predicted octanol–water partition coefficient (Wildman–Crippen LogP) is -0.608. The Bertz CT molecular complexity index is 172. The van der Waals surface area contributed by atoms with Gasteiger partial charge in [0, 0.05) is 0 Å². The molecule has 0 rings (SSSR count). The Morgan fingerprint density at radius 3 is 2.56 bits per heavy atom. The van der Waals surface area contributed by atoms with Gasteiger partial charge in [-0.25, -0.2) is 0 Å². The molecule has 0 unspecified atom stereocenters. The molecule has 0 aliphatic heterocycles. The van der Waals surface area contributed by atoms with E-state index in [1.54, 1.807) is 6.07 Å². The number of nitrogens with zero attached hydrogens (tertiary/aromatic N) is 1. The van der Waals surface area contributed by atoms with Crippen LogP contribution in [0.3, 0.4) is 0 Å². The van der Waals surface area contributed by atoms with E-state index in [9.17, 15) is 9.59 Å². The van der Waals surface area contributed by atoms with E-state index in [1.165, 1.54) is 0 Å². The first-order valence-electron chi connectivity index (χ1n) is 2.03. The zero-order valence-electron chi connectivity index (χ0n) is 4.35. The van der Waals surface area contributed by atoms with E-state index in [-0.39, 0.29) is 6.54 Å². The molecule has 0 fully saturated rings. The van der Waals surface area contributed by atoms with Crippen LogP contribution in [0.5, 0.6) is 0 Å². The molecule has 9 heavy (non-hydrogen) atoms. The van der Waals surface area contributed by atoms with Gasteiger partial charge >= 0.3 is 11.1 Å². The third-order valence-electron chi connectivity index (χ3n) is 0.507. The molecule has 0 atom stereocenters. The molecule has 0 saturated heterocycles. The van der Waals surface area contributed by atoms with E-state index < -0.39 is 11.1 Å². The number of hydrogen-bond acceptors (Lipinski definition) is 3. The molecule has 0 aliphatic rings. The molecule has 0 aromatic heterocycles. The Kier molecular flexibility index (Phi) is 3.40. The van der Waals surface area contributed by atoms with Crippen molar-refractivity contribution in [1.82, 2.24) is 5.32 Å². The van der Waals surface area contributed by atoms with E-state index in [4.69, 9.17) is 16.9 Å². The van der Waals surface area contributed by atoms with Gasteiger partial charge in [0.1, 0.15) is 6.54 Å². The van der Waals surface area contributed by atoms with Crippen molar-refractivity contribution < 1.29 is 9.59 Å². The summed E-state index contributed by atoms with van der Waals surface area (Å²) in [4.78, 5) is 20.1. The molecule has 0 heterocycles. The number of halogens is 1. The van der Waals surface area contributed by atoms with Gasteiger partial charge in [-0.1, -0.05) is 0 Å². The Balaban J connectivity index is 3.55. The van der Waals surface area contributed by atoms with E-state index >= 15 is 0 Å². The number of carbonyl (C=O) groups is 2. The minimum absolute atomic E-state index is 0.197. The molecule has 0 saturated carbocycles. The van der Waals surface area contributed by atoms with Crippen LogP contribution in [0.25, 0.3) is 0 Å². The summed E-state index contributed by atoms with van der Waals surface area (Å²) in [5, 5.41) is 8.72. The SMILES string of the molecule is N#CCNC(=O)C(=O)Cl. The maximum absolute atomic E-state index is 10.2. The Morgan fingerprint density at radius 1 is 1.67 bits per heavy atom. The molecular weight excluding hydrogens is 144 g/mol. The molecule has 0 aromatic carbocycles. The highest BCUT2D eigenvalue weighted by Crippen LogP contribution is 1.76. The summed E-state index contributed by atoms with van der Waals surface area (Å²) in [7, 11) is 0. The van der Waals surface area contributed by atoms with Gasteiger partial charge in [-0.3, -0.25) is 9.59 Å². The van der Waals surface area contributed by atoms with Gasteiger partial charge in [0.25, 0.3) is 0 Å². The van der Waals surface area contributed by atoms with Crippen LogP contribution in [0.15, 0.2) is 0 Å². The second-order valence-corrected chi connectivity index (χ2v) is 1.46. The molecule has 5 heteroatoms. The van der Waals surface area contributed by atoms with Crippen molar-refractivity contribution >= 4 is 22.8 Å². The zero-order chi connectivity index (χ0) is 7.28. The van der Waals surface area contributed by atoms with E-state index in [0.29, 0.717) is 0 Å². The van der Waals surface area contributed by atoms with Gasteiger partial charge in [0.05, 0.1) is 6.07 Å². The summed E-state index contributed by atoms with van der Waals surface area (Å²) < 4.78 is 0. The fraction of sp³-hybridized carbons (Fsp3) is 0.250. The normalized spacial score (nSPS) is 7.56. The average Bonchev–Trinajstić information content (AvgIpc) is 1.82. The van der Waals surface area contributed by atoms with Gasteiger partial charge in [0.15, 0.2) is 0 Å². The van der Waals surface area contributed by atoms with Crippen LogP contribution < -0.4 is 5.32 Å². The lowest BCUT2D eigenvalue weighted by molar-refractivity contribution is -0.133. The summed E-state index contributed by atoms with van der Waals surface area (Å²) in [5.74, 6) is -0.946. The van der Waals surface area contributed by atoms with Gasteiger partial charge in [-0.15, -0.1) is 0 Å². The third-order valence-corrected chi connectivity index (χ3v) is 0.678. The molecule has 1 N–H and O–H groups in total. The highest BCUT2D eigenvalue weighted by atomic mass is 35.5. The predicted molar refractivity (Wildman–Crippen MR) is 29.5 cm³/mol. The molecule has 0 aromatic rings. The number of rotatable bonds is 2. The fourth-order valence-corrected chi connectivity index (χ4v) is 0.256. The fourth-order valence-electron chi connectivity index (χ4n) is 0.189. The number of carbonyl (C=O) groups excluding carboxylic acids is 2. The van der Waals surface area contributed by atoms with Crippen molar-refractivity contribution in [3.05, 3.63) is 0 Å². The van der Waals surface area contributed by atoms with Crippen LogP contribution in [0.4, 0.5) is 0 Å². The molecule has 4 nitrogen and oxygen atoms in total. The summed E-state index contributed by atoms with van der Waals surface area (Å²) >= 11 is 4.70. The van der Waals surface area contributed by atoms with E-state index in [0.717, 1.165) is 0 Å². The number of hydrogen-bond donors (Lipinski definition) is 1. The topological polar surface area (TPSA) is 70.0 Å². The van der Waals surface area contributed by atoms with E-state index in [1.807, 2.05) is 5.32 Å². The van der Waals surface area contributed by atoms with Gasteiger partial charge in [-0.05, 0) is 11.6 Å². The maximum atomic E-state index is 10.2. The maximum Gasteiger partial charge on any atom is 0.309 e. The lowest BCUT2D eigenvalue weighted by Gasteiger charge is -1.89. The van der Waals surface area contributed by atoms with Crippen LogP contribution in [0, 0.1) is 11.3 Å². The van der Waals surface area contributed by atoms with Gasteiger partial charge in [0.2, 0.25) is 0 Å². The summed E-state index contributed by atoms with van der Waals surface area (Å²) in [6.07, 6.45) is 0. The highest BCUT2D eigenvalue weighted by Gasteiger charge is 2.06. The molecule has 48 valence electrons. The Morgan fingerprint density at radius 2 is 2.22 bits per heavy atom. The molecule has 1 amide bonds. The Labute approximate surface area is 56.4 Å². The number of amides is 1. The summed E-state index contributed by atoms with van der Waals surface area (Å²) in [6, 6.07) is 1.61. The smallest absolute Gasteiger partial charge is 0.309 e. The van der Waals surface area contributed by atoms with Crippen molar-refractivity contribution in [3.8, 4) is 6.07 Å². The van der Waals surface area contributed by atoms with Crippen molar-refractivity contribution in [2.24, 2.45) is 0 Å². The Hall–Kier alpha value is -1.08. The average molecular weight is 147 g/mol. The van der Waals surface area contributed by atoms with Crippen LogP contribution in [0.1, 0.15) is 0 Å². The first kappa shape index (κ1) is 7.92. The molecule has 0 bridgehead atoms. The van der Waals surface area contributed by atoms with Crippen molar-refractivity contribution in [2.45, 2.75) is 0 Å². The minimum Gasteiger partial charge on any atom is -0.335 e. The lowest BCUT2D eigenvalue weighted by Crippen LogP contribution is -2.28. The standard InChI is InChI=1S/C4H3ClN2O2/c5-3(8)4(9)7-2-1-6/h2H2,(H,7,9). The largest absolute Gasteiger partial charge is 0.335 e. The van der Waals surface area contributed by atoms with Crippen LogP contribution >= 0.6 is 11.6 Å². The van der Waals surface area contributed by atoms with Crippen molar-refractivity contribution in [2.75, 3.05) is 6.54 Å². The number of nitriles is 1. The first-order valence-corrected chi connectivity index (χ1v) is 2.41. The van der Waals surface area contributed by atoms with Gasteiger partial charge in [-0.2, -0.15) is 5.26 Å². The van der Waals surface area contributed by atoms with Gasteiger partial charge < -0.3 is 5.32 Å². The molecule has 0 spiro atoms. The third kappa shape index (κ3) is 3.50. The summed E-state index contributed by atoms with van der Waals surface area (Å²) in [5.41, 5.74) is 0. The quantitative estimate of drug-likeness (QED) is 0.321. The number of nitrogens with one attached hydrogen (secondary N) is 1. The van der Waals surface area contributed by atoms with Crippen molar-refractivity contribution in [3.63, 3.8) is 0 Å². The monoisotopic (exact) mass is 146 g/mol. The minimum atomic E-state index is -1.11. The second kappa shape index (κ2) is 3.87. The highest BCUT2D eigenvalue weighted by molar-refractivity contribution is 6.80. The van der Waals surface area contributed by atoms with Crippen LogP contribution in [-0.4, -0.2) is 17.7 Å². The molecule has 0 aliphatic carbocycles. The van der Waals surface area contributed by atoms with Crippen molar-refractivity contribution in [1.29, 1.82) is 5.26 Å².